The van der Waals surface area contributed by atoms with Crippen LogP contribution in [0, 0.1) is 11.3 Å². The molecule has 2 heterocycles. The van der Waals surface area contributed by atoms with Crippen molar-refractivity contribution in [3.63, 3.8) is 0 Å². The van der Waals surface area contributed by atoms with Crippen LogP contribution in [0.2, 0.25) is 0 Å². The van der Waals surface area contributed by atoms with Crippen molar-refractivity contribution in [3.05, 3.63) is 53.9 Å². The Morgan fingerprint density at radius 1 is 1.19 bits per heavy atom. The Bertz CT molecular complexity index is 864. The number of rotatable bonds is 7. The van der Waals surface area contributed by atoms with Crippen LogP contribution in [-0.4, -0.2) is 43.1 Å². The summed E-state index contributed by atoms with van der Waals surface area (Å²) in [7, 11) is 3.34. The van der Waals surface area contributed by atoms with Crippen LogP contribution in [0.3, 0.4) is 0 Å². The van der Waals surface area contributed by atoms with Crippen LogP contribution >= 0.6 is 0 Å². The Morgan fingerprint density at radius 2 is 2.00 bits per heavy atom. The van der Waals surface area contributed by atoms with E-state index in [9.17, 15) is 4.79 Å². The topological polar surface area (TPSA) is 63.7 Å². The lowest BCUT2D eigenvalue weighted by Gasteiger charge is -2.38. The van der Waals surface area contributed by atoms with E-state index in [0.717, 1.165) is 55.2 Å². The first-order valence-corrected chi connectivity index (χ1v) is 11.0. The molecule has 6 nitrogen and oxygen atoms in total. The summed E-state index contributed by atoms with van der Waals surface area (Å²) in [5.74, 6) is 1.87. The van der Waals surface area contributed by atoms with Gasteiger partial charge in [-0.2, -0.15) is 0 Å². The predicted molar refractivity (Wildman–Crippen MR) is 122 cm³/mol. The molecule has 1 fully saturated rings. The maximum absolute atomic E-state index is 12.8. The molecule has 0 aliphatic carbocycles. The van der Waals surface area contributed by atoms with Gasteiger partial charge in [0.2, 0.25) is 5.91 Å². The molecule has 31 heavy (non-hydrogen) atoms. The quantitative estimate of drug-likeness (QED) is 0.720. The summed E-state index contributed by atoms with van der Waals surface area (Å²) < 4.78 is 11.1. The van der Waals surface area contributed by atoms with Crippen LogP contribution in [0.1, 0.15) is 50.9 Å². The summed E-state index contributed by atoms with van der Waals surface area (Å²) in [5, 5.41) is 3.30. The van der Waals surface area contributed by atoms with E-state index in [4.69, 9.17) is 9.47 Å². The summed E-state index contributed by atoms with van der Waals surface area (Å²) in [6.07, 6.45) is 3.93. The first-order chi connectivity index (χ1) is 14.8. The summed E-state index contributed by atoms with van der Waals surface area (Å²) >= 11 is 0. The van der Waals surface area contributed by atoms with Crippen molar-refractivity contribution in [2.75, 3.05) is 27.3 Å². The molecule has 1 aromatic heterocycles. The third kappa shape index (κ3) is 5.76. The van der Waals surface area contributed by atoms with E-state index < -0.39 is 5.41 Å². The number of aromatic nitrogens is 1. The van der Waals surface area contributed by atoms with Gasteiger partial charge in [-0.15, -0.1) is 0 Å². The highest BCUT2D eigenvalue weighted by atomic mass is 16.5. The molecule has 1 saturated heterocycles. The van der Waals surface area contributed by atoms with Crippen molar-refractivity contribution in [3.8, 4) is 11.5 Å². The zero-order valence-corrected chi connectivity index (χ0v) is 19.4. The minimum absolute atomic E-state index is 0.0507. The van der Waals surface area contributed by atoms with E-state index in [0.29, 0.717) is 0 Å². The number of nitrogens with one attached hydrogen (secondary N) is 1. The number of ether oxygens (including phenoxy) is 2. The molecule has 0 radical (unpaired) electrons. The number of amides is 1. The molecule has 1 aromatic carbocycles. The first kappa shape index (κ1) is 23.1. The van der Waals surface area contributed by atoms with Gasteiger partial charge in [-0.3, -0.25) is 14.7 Å². The van der Waals surface area contributed by atoms with Gasteiger partial charge in [0.25, 0.3) is 0 Å². The van der Waals surface area contributed by atoms with Gasteiger partial charge in [0.1, 0.15) is 0 Å². The SMILES string of the molecule is COc1cccc(CN2CCCC(C(NC(=O)C(C)(C)C)c3ccccn3)C2)c1OC. The number of benzene rings is 1. The molecule has 1 amide bonds. The molecular formula is C25H35N3O3. The van der Waals surface area contributed by atoms with E-state index in [-0.39, 0.29) is 17.9 Å². The molecule has 1 aliphatic heterocycles. The van der Waals surface area contributed by atoms with Gasteiger partial charge >= 0.3 is 0 Å². The van der Waals surface area contributed by atoms with Crippen LogP contribution in [0.5, 0.6) is 11.5 Å². The van der Waals surface area contributed by atoms with Crippen molar-refractivity contribution < 1.29 is 14.3 Å². The standard InChI is InChI=1S/C25H35N3O3/c1-25(2,3)24(29)27-22(20-12-6-7-14-26-20)18-11-9-15-28(16-18)17-19-10-8-13-21(30-4)23(19)31-5/h6-8,10,12-14,18,22H,9,11,15-17H2,1-5H3,(H,27,29). The lowest BCUT2D eigenvalue weighted by atomic mass is 9.86. The Morgan fingerprint density at radius 3 is 2.65 bits per heavy atom. The molecule has 0 saturated carbocycles. The molecule has 0 bridgehead atoms. The number of carbonyl (C=O) groups is 1. The van der Waals surface area contributed by atoms with Crippen LogP contribution in [0.25, 0.3) is 0 Å². The molecule has 1 aliphatic rings. The largest absolute Gasteiger partial charge is 0.493 e. The third-order valence-electron chi connectivity index (χ3n) is 5.87. The maximum atomic E-state index is 12.8. The van der Waals surface area contributed by atoms with Gasteiger partial charge < -0.3 is 14.8 Å². The van der Waals surface area contributed by atoms with Crippen molar-refractivity contribution in [2.45, 2.75) is 46.2 Å². The zero-order valence-electron chi connectivity index (χ0n) is 19.4. The van der Waals surface area contributed by atoms with Crippen LogP contribution in [0.15, 0.2) is 42.6 Å². The van der Waals surface area contributed by atoms with Gasteiger partial charge in [-0.25, -0.2) is 0 Å². The van der Waals surface area contributed by atoms with E-state index in [1.807, 2.05) is 51.1 Å². The number of nitrogens with zero attached hydrogens (tertiary/aromatic N) is 2. The second-order valence-corrected chi connectivity index (χ2v) is 9.25. The predicted octanol–water partition coefficient (Wildman–Crippen LogP) is 4.21. The van der Waals surface area contributed by atoms with Crippen LogP contribution < -0.4 is 14.8 Å². The molecule has 2 atom stereocenters. The molecule has 2 unspecified atom stereocenters. The maximum Gasteiger partial charge on any atom is 0.225 e. The molecule has 168 valence electrons. The second-order valence-electron chi connectivity index (χ2n) is 9.25. The molecular weight excluding hydrogens is 390 g/mol. The van der Waals surface area contributed by atoms with Gasteiger partial charge in [-0.05, 0) is 43.5 Å². The Labute approximate surface area is 186 Å². The number of hydrogen-bond acceptors (Lipinski definition) is 5. The zero-order chi connectivity index (χ0) is 22.4. The van der Waals surface area contributed by atoms with Crippen molar-refractivity contribution in [1.29, 1.82) is 0 Å². The van der Waals surface area contributed by atoms with Crippen molar-refractivity contribution in [2.24, 2.45) is 11.3 Å². The fourth-order valence-electron chi connectivity index (χ4n) is 4.18. The van der Waals surface area contributed by atoms with E-state index in [1.165, 1.54) is 0 Å². The van der Waals surface area contributed by atoms with E-state index >= 15 is 0 Å². The Balaban J connectivity index is 1.80. The Kier molecular flexibility index (Phi) is 7.55. The van der Waals surface area contributed by atoms with Gasteiger partial charge in [0.05, 0.1) is 26.0 Å². The van der Waals surface area contributed by atoms with Gasteiger partial charge in [-0.1, -0.05) is 39.0 Å². The fraction of sp³-hybridized carbons (Fsp3) is 0.520. The minimum atomic E-state index is -0.449. The van der Waals surface area contributed by atoms with Crippen LogP contribution in [-0.2, 0) is 11.3 Å². The average Bonchev–Trinajstić information content (AvgIpc) is 2.77. The van der Waals surface area contributed by atoms with Crippen molar-refractivity contribution in [1.82, 2.24) is 15.2 Å². The number of pyridine rings is 1. The van der Waals surface area contributed by atoms with E-state index in [2.05, 4.69) is 21.3 Å². The summed E-state index contributed by atoms with van der Waals surface area (Å²) in [5.41, 5.74) is 1.58. The molecule has 6 heteroatoms. The van der Waals surface area contributed by atoms with Crippen molar-refractivity contribution >= 4 is 5.91 Å². The molecule has 1 N–H and O–H groups in total. The van der Waals surface area contributed by atoms with Crippen LogP contribution in [0.4, 0.5) is 0 Å². The highest BCUT2D eigenvalue weighted by Crippen LogP contribution is 2.34. The molecule has 0 spiro atoms. The van der Waals surface area contributed by atoms with Gasteiger partial charge in [0.15, 0.2) is 11.5 Å². The lowest BCUT2D eigenvalue weighted by molar-refractivity contribution is -0.130. The summed E-state index contributed by atoms with van der Waals surface area (Å²) in [6.45, 7) is 8.50. The molecule has 2 aromatic rings. The van der Waals surface area contributed by atoms with Gasteiger partial charge in [0, 0.05) is 30.3 Å². The normalized spacial score (nSPS) is 18.3. The number of carbonyl (C=O) groups excluding carboxylic acids is 1. The highest BCUT2D eigenvalue weighted by Gasteiger charge is 2.33. The number of hydrogen-bond donors (Lipinski definition) is 1. The average molecular weight is 426 g/mol. The highest BCUT2D eigenvalue weighted by molar-refractivity contribution is 5.81. The fourth-order valence-corrected chi connectivity index (χ4v) is 4.18. The van der Waals surface area contributed by atoms with E-state index in [1.54, 1.807) is 20.4 Å². The molecule has 3 rings (SSSR count). The summed E-state index contributed by atoms with van der Waals surface area (Å²) in [4.78, 5) is 19.8. The third-order valence-corrected chi connectivity index (χ3v) is 5.87. The second kappa shape index (κ2) is 10.1. The first-order valence-electron chi connectivity index (χ1n) is 11.0. The number of methoxy groups -OCH3 is 2. The minimum Gasteiger partial charge on any atom is -0.493 e. The lowest BCUT2D eigenvalue weighted by Crippen LogP contribution is -2.45. The number of para-hydroxylation sites is 1. The monoisotopic (exact) mass is 425 g/mol. The number of likely N-dealkylation sites (tertiary alicyclic amines) is 1. The summed E-state index contributed by atoms with van der Waals surface area (Å²) in [6, 6.07) is 11.8. The smallest absolute Gasteiger partial charge is 0.225 e. The Hall–Kier alpha value is -2.60. The number of piperidine rings is 1.